The fourth-order valence-corrected chi connectivity index (χ4v) is 6.81. The SMILES string of the molecule is Cc1c(N(CN2C(=O)C3C4C=CC(C5CC45)C3C2=O)C(=O)c2ccccc2)ccc(Br)c1Cl. The molecule has 0 radical (unpaired) electrons. The molecule has 7 rings (SSSR count). The van der Waals surface area contributed by atoms with Crippen LogP contribution in [0.15, 0.2) is 59.1 Å². The summed E-state index contributed by atoms with van der Waals surface area (Å²) < 4.78 is 0.721. The fraction of sp³-hybridized carbons (Fsp3) is 0.346. The molecule has 2 bridgehead atoms. The van der Waals surface area contributed by atoms with E-state index < -0.39 is 0 Å². The summed E-state index contributed by atoms with van der Waals surface area (Å²) in [7, 11) is 0. The molecule has 3 fully saturated rings. The average Bonchev–Trinajstić information content (AvgIpc) is 3.62. The van der Waals surface area contributed by atoms with Crippen molar-refractivity contribution in [3.8, 4) is 0 Å². The van der Waals surface area contributed by atoms with Crippen LogP contribution in [0.25, 0.3) is 0 Å². The van der Waals surface area contributed by atoms with Gasteiger partial charge in [-0.1, -0.05) is 42.0 Å². The van der Waals surface area contributed by atoms with E-state index in [0.29, 0.717) is 33.7 Å². The Morgan fingerprint density at radius 1 is 1.03 bits per heavy atom. The Morgan fingerprint density at radius 3 is 2.24 bits per heavy atom. The quantitative estimate of drug-likeness (QED) is 0.414. The highest BCUT2D eigenvalue weighted by Crippen LogP contribution is 2.65. The Morgan fingerprint density at radius 2 is 1.64 bits per heavy atom. The zero-order valence-electron chi connectivity index (χ0n) is 17.9. The summed E-state index contributed by atoms with van der Waals surface area (Å²) in [6, 6.07) is 12.5. The van der Waals surface area contributed by atoms with Gasteiger partial charge in [0.15, 0.2) is 0 Å². The molecule has 1 heterocycles. The Hall–Kier alpha value is -2.44. The molecule has 168 valence electrons. The van der Waals surface area contributed by atoms with Gasteiger partial charge in [-0.15, -0.1) is 0 Å². The molecule has 1 saturated heterocycles. The molecular formula is C26H22BrClN2O3. The fourth-order valence-electron chi connectivity index (χ4n) is 6.22. The molecular weight excluding hydrogens is 504 g/mol. The van der Waals surface area contributed by atoms with Crippen LogP contribution in [-0.2, 0) is 9.59 Å². The predicted octanol–water partition coefficient (Wildman–Crippen LogP) is 5.07. The summed E-state index contributed by atoms with van der Waals surface area (Å²) in [6.45, 7) is 1.71. The standard InChI is InChI=1S/C26H22BrClN2O3/c1-13-20(10-9-19(27)23(13)28)29(24(31)14-5-3-2-4-6-14)12-30-25(32)21-15-7-8-16(18-11-17(15)18)22(21)26(30)33/h2-10,15-18,21-22H,11-12H2,1H3. The minimum atomic E-state index is -0.292. The summed E-state index contributed by atoms with van der Waals surface area (Å²) in [5.41, 5.74) is 1.77. The van der Waals surface area contributed by atoms with Crippen molar-refractivity contribution >= 4 is 50.9 Å². The lowest BCUT2D eigenvalue weighted by Gasteiger charge is -2.37. The molecule has 5 aliphatic rings. The third-order valence-corrected chi connectivity index (χ3v) is 9.28. The molecule has 0 N–H and O–H groups in total. The van der Waals surface area contributed by atoms with E-state index in [-0.39, 0.29) is 48.1 Å². The first-order valence-electron chi connectivity index (χ1n) is 11.2. The van der Waals surface area contributed by atoms with E-state index in [9.17, 15) is 14.4 Å². The number of imide groups is 1. The second-order valence-corrected chi connectivity index (χ2v) is 10.7. The van der Waals surface area contributed by atoms with Crippen molar-refractivity contribution in [2.45, 2.75) is 13.3 Å². The molecule has 33 heavy (non-hydrogen) atoms. The van der Waals surface area contributed by atoms with Crippen molar-refractivity contribution in [2.24, 2.45) is 35.5 Å². The molecule has 7 heteroatoms. The summed E-state index contributed by atoms with van der Waals surface area (Å²) in [6.07, 6.45) is 5.42. The first kappa shape index (κ1) is 21.1. The number of halogens is 2. The lowest BCUT2D eigenvalue weighted by Crippen LogP contribution is -2.45. The number of benzene rings is 2. The smallest absolute Gasteiger partial charge is 0.259 e. The van der Waals surface area contributed by atoms with Gasteiger partial charge in [0.05, 0.1) is 22.5 Å². The van der Waals surface area contributed by atoms with Crippen LogP contribution in [0.5, 0.6) is 0 Å². The van der Waals surface area contributed by atoms with Gasteiger partial charge in [0.25, 0.3) is 5.91 Å². The van der Waals surface area contributed by atoms with Crippen molar-refractivity contribution in [2.75, 3.05) is 11.6 Å². The Labute approximate surface area is 205 Å². The minimum Gasteiger partial charge on any atom is -0.289 e. The van der Waals surface area contributed by atoms with Crippen molar-refractivity contribution in [1.29, 1.82) is 0 Å². The molecule has 0 aromatic heterocycles. The van der Waals surface area contributed by atoms with Crippen molar-refractivity contribution in [3.63, 3.8) is 0 Å². The van der Waals surface area contributed by atoms with Crippen molar-refractivity contribution < 1.29 is 14.4 Å². The summed E-state index contributed by atoms with van der Waals surface area (Å²) in [5.74, 6) is 0.195. The van der Waals surface area contributed by atoms with Gasteiger partial charge in [0, 0.05) is 10.0 Å². The number of carbonyl (C=O) groups excluding carboxylic acids is 3. The van der Waals surface area contributed by atoms with Gasteiger partial charge >= 0.3 is 0 Å². The maximum Gasteiger partial charge on any atom is 0.259 e. The normalized spacial score (nSPS) is 30.9. The maximum absolute atomic E-state index is 13.6. The zero-order valence-corrected chi connectivity index (χ0v) is 20.3. The predicted molar refractivity (Wildman–Crippen MR) is 129 cm³/mol. The highest BCUT2D eigenvalue weighted by molar-refractivity contribution is 9.10. The number of likely N-dealkylation sites (tertiary alicyclic amines) is 1. The van der Waals surface area contributed by atoms with Gasteiger partial charge in [-0.2, -0.15) is 0 Å². The van der Waals surface area contributed by atoms with Crippen LogP contribution in [0.3, 0.4) is 0 Å². The largest absolute Gasteiger partial charge is 0.289 e. The van der Waals surface area contributed by atoms with Crippen LogP contribution >= 0.6 is 27.5 Å². The van der Waals surface area contributed by atoms with Crippen LogP contribution in [0.1, 0.15) is 22.3 Å². The number of hydrogen-bond donors (Lipinski definition) is 0. The highest BCUT2D eigenvalue weighted by atomic mass is 79.9. The Balaban J connectivity index is 1.38. The van der Waals surface area contributed by atoms with E-state index in [2.05, 4.69) is 28.1 Å². The van der Waals surface area contributed by atoms with Crippen molar-refractivity contribution in [1.82, 2.24) is 4.90 Å². The number of rotatable bonds is 4. The van der Waals surface area contributed by atoms with Gasteiger partial charge < -0.3 is 0 Å². The topological polar surface area (TPSA) is 57.7 Å². The molecule has 3 amide bonds. The Bertz CT molecular complexity index is 1190. The molecule has 4 aliphatic carbocycles. The Kier molecular flexibility index (Phi) is 4.82. The average molecular weight is 526 g/mol. The lowest BCUT2D eigenvalue weighted by atomic mass is 9.63. The monoisotopic (exact) mass is 524 g/mol. The number of amides is 3. The van der Waals surface area contributed by atoms with E-state index in [4.69, 9.17) is 11.6 Å². The number of anilines is 1. The summed E-state index contributed by atoms with van der Waals surface area (Å²) in [4.78, 5) is 43.5. The third kappa shape index (κ3) is 3.07. The van der Waals surface area contributed by atoms with E-state index in [1.165, 1.54) is 9.80 Å². The molecule has 2 aromatic carbocycles. The molecule has 5 nitrogen and oxygen atoms in total. The van der Waals surface area contributed by atoms with Gasteiger partial charge in [-0.3, -0.25) is 24.2 Å². The highest BCUT2D eigenvalue weighted by Gasteiger charge is 2.67. The van der Waals surface area contributed by atoms with Crippen LogP contribution in [0, 0.1) is 42.4 Å². The first-order valence-corrected chi connectivity index (χ1v) is 12.4. The third-order valence-electron chi connectivity index (χ3n) is 7.90. The number of nitrogens with zero attached hydrogens (tertiary/aromatic N) is 2. The molecule has 2 saturated carbocycles. The summed E-state index contributed by atoms with van der Waals surface area (Å²) >= 11 is 9.91. The molecule has 0 spiro atoms. The van der Waals surface area contributed by atoms with Gasteiger partial charge in [-0.05, 0) is 82.8 Å². The first-order chi connectivity index (χ1) is 15.9. The second kappa shape index (κ2) is 7.54. The summed E-state index contributed by atoms with van der Waals surface area (Å²) in [5, 5.41) is 0.494. The zero-order chi connectivity index (χ0) is 23.0. The maximum atomic E-state index is 13.6. The molecule has 6 atom stereocenters. The molecule has 1 aliphatic heterocycles. The minimum absolute atomic E-state index is 0.119. The number of hydrogen-bond acceptors (Lipinski definition) is 3. The number of allylic oxidation sites excluding steroid dienone is 2. The second-order valence-electron chi connectivity index (χ2n) is 9.51. The van der Waals surface area contributed by atoms with E-state index in [1.807, 2.05) is 13.0 Å². The van der Waals surface area contributed by atoms with Gasteiger partial charge in [0.2, 0.25) is 11.8 Å². The molecule has 6 unspecified atom stereocenters. The number of carbonyl (C=O) groups is 3. The lowest BCUT2D eigenvalue weighted by molar-refractivity contribution is -0.140. The molecule has 2 aromatic rings. The van der Waals surface area contributed by atoms with Gasteiger partial charge in [-0.25, -0.2) is 0 Å². The van der Waals surface area contributed by atoms with Crippen LogP contribution in [-0.4, -0.2) is 29.3 Å². The van der Waals surface area contributed by atoms with Gasteiger partial charge in [0.1, 0.15) is 6.67 Å². The van der Waals surface area contributed by atoms with Crippen LogP contribution in [0.4, 0.5) is 5.69 Å². The van der Waals surface area contributed by atoms with Crippen LogP contribution < -0.4 is 4.90 Å². The van der Waals surface area contributed by atoms with E-state index in [0.717, 1.165) is 10.9 Å². The van der Waals surface area contributed by atoms with Crippen molar-refractivity contribution in [3.05, 3.63) is 75.2 Å². The van der Waals surface area contributed by atoms with Crippen LogP contribution in [0.2, 0.25) is 5.02 Å². The van der Waals surface area contributed by atoms with E-state index >= 15 is 0 Å². The van der Waals surface area contributed by atoms with E-state index in [1.54, 1.807) is 36.4 Å².